The Kier molecular flexibility index (Phi) is 2.58. The highest BCUT2D eigenvalue weighted by molar-refractivity contribution is 5.53. The quantitative estimate of drug-likeness (QED) is 0.633. The highest BCUT2D eigenvalue weighted by Gasteiger charge is 1.94. The molecule has 0 radical (unpaired) electrons. The summed E-state index contributed by atoms with van der Waals surface area (Å²) in [5.41, 5.74) is 1.65. The van der Waals surface area contributed by atoms with Gasteiger partial charge >= 0.3 is 0 Å². The molecule has 3 heteroatoms. The van der Waals surface area contributed by atoms with Gasteiger partial charge in [0.2, 0.25) is 0 Å². The minimum atomic E-state index is 0.774. The van der Waals surface area contributed by atoms with E-state index in [9.17, 15) is 0 Å². The first-order valence-electron chi connectivity index (χ1n) is 3.61. The molecule has 1 aromatic heterocycles. The Bertz CT molecular complexity index is 320. The molecule has 0 fully saturated rings. The summed E-state index contributed by atoms with van der Waals surface area (Å²) in [6.07, 6.45) is 7.13. The van der Waals surface area contributed by atoms with Crippen LogP contribution >= 0.6 is 0 Å². The van der Waals surface area contributed by atoms with Crippen LogP contribution in [-0.4, -0.2) is 15.0 Å². The predicted molar refractivity (Wildman–Crippen MR) is 49.4 cm³/mol. The molecule has 0 unspecified atom stereocenters. The van der Waals surface area contributed by atoms with Crippen LogP contribution in [0.5, 0.6) is 0 Å². The molecule has 0 aliphatic heterocycles. The Labute approximate surface area is 71.7 Å². The van der Waals surface area contributed by atoms with Crippen LogP contribution in [0.15, 0.2) is 37.6 Å². The molecule has 3 nitrogen and oxygen atoms in total. The van der Waals surface area contributed by atoms with Gasteiger partial charge in [0, 0.05) is 0 Å². The van der Waals surface area contributed by atoms with Gasteiger partial charge in [0.25, 0.3) is 0 Å². The molecular weight excluding hydrogens is 150 g/mol. The van der Waals surface area contributed by atoms with Crippen molar-refractivity contribution in [2.75, 3.05) is 0 Å². The number of hydrogen-bond acceptors (Lipinski definition) is 2. The van der Waals surface area contributed by atoms with Crippen molar-refractivity contribution in [3.63, 3.8) is 0 Å². The second-order valence-electron chi connectivity index (χ2n) is 2.39. The minimum Gasteiger partial charge on any atom is -0.221 e. The van der Waals surface area contributed by atoms with E-state index in [0.717, 1.165) is 11.4 Å². The van der Waals surface area contributed by atoms with Gasteiger partial charge < -0.3 is 0 Å². The number of aromatic nitrogens is 3. The van der Waals surface area contributed by atoms with Gasteiger partial charge in [-0.3, -0.25) is 0 Å². The molecule has 0 saturated carbocycles. The van der Waals surface area contributed by atoms with Crippen LogP contribution in [0.3, 0.4) is 0 Å². The Morgan fingerprint density at radius 2 is 2.42 bits per heavy atom. The van der Waals surface area contributed by atoms with Crippen LogP contribution in [0.25, 0.3) is 5.70 Å². The van der Waals surface area contributed by atoms with Gasteiger partial charge in [0.1, 0.15) is 0 Å². The first-order chi connectivity index (χ1) is 5.74. The predicted octanol–water partition coefficient (Wildman–Crippen LogP) is 1.80. The summed E-state index contributed by atoms with van der Waals surface area (Å²) in [6.45, 7) is 9.24. The summed E-state index contributed by atoms with van der Waals surface area (Å²) in [5.74, 6) is 0. The number of allylic oxidation sites excluding steroid dienone is 4. The third kappa shape index (κ3) is 1.92. The van der Waals surface area contributed by atoms with Gasteiger partial charge in [-0.25, -0.2) is 4.68 Å². The van der Waals surface area contributed by atoms with Gasteiger partial charge in [-0.05, 0) is 13.0 Å². The van der Waals surface area contributed by atoms with Crippen molar-refractivity contribution in [1.29, 1.82) is 0 Å². The highest BCUT2D eigenvalue weighted by atomic mass is 15.4. The van der Waals surface area contributed by atoms with Gasteiger partial charge in [0.15, 0.2) is 0 Å². The van der Waals surface area contributed by atoms with E-state index in [1.54, 1.807) is 16.8 Å². The van der Waals surface area contributed by atoms with Crippen molar-refractivity contribution < 1.29 is 0 Å². The van der Waals surface area contributed by atoms with Crippen LogP contribution < -0.4 is 0 Å². The van der Waals surface area contributed by atoms with Gasteiger partial charge in [-0.2, -0.15) is 0 Å². The van der Waals surface area contributed by atoms with Crippen LogP contribution in [0.4, 0.5) is 0 Å². The third-order valence-electron chi connectivity index (χ3n) is 1.33. The Hall–Kier alpha value is -1.64. The lowest BCUT2D eigenvalue weighted by molar-refractivity contribution is 0.822. The molecule has 0 aromatic carbocycles. The van der Waals surface area contributed by atoms with Crippen molar-refractivity contribution >= 4 is 5.70 Å². The molecule has 0 saturated heterocycles. The summed E-state index contributed by atoms with van der Waals surface area (Å²) in [7, 11) is 0. The van der Waals surface area contributed by atoms with E-state index in [2.05, 4.69) is 23.5 Å². The van der Waals surface area contributed by atoms with Crippen LogP contribution in [0.2, 0.25) is 0 Å². The molecule has 1 aromatic rings. The average molecular weight is 161 g/mol. The molecule has 0 bridgehead atoms. The summed E-state index contributed by atoms with van der Waals surface area (Å²) in [5, 5.41) is 7.69. The lowest BCUT2D eigenvalue weighted by atomic mass is 10.4. The largest absolute Gasteiger partial charge is 0.221 e. The number of rotatable bonds is 3. The Morgan fingerprint density at radius 3 is 2.92 bits per heavy atom. The normalized spacial score (nSPS) is 10.4. The second kappa shape index (κ2) is 3.67. The second-order valence-corrected chi connectivity index (χ2v) is 2.39. The smallest absolute Gasteiger partial charge is 0.0800 e. The summed E-state index contributed by atoms with van der Waals surface area (Å²) in [4.78, 5) is 0. The molecule has 0 aliphatic carbocycles. The maximum Gasteiger partial charge on any atom is 0.0800 e. The maximum atomic E-state index is 3.85. The van der Waals surface area contributed by atoms with Crippen molar-refractivity contribution in [2.45, 2.75) is 6.92 Å². The molecule has 1 heterocycles. The van der Waals surface area contributed by atoms with E-state index in [-0.39, 0.29) is 0 Å². The standard InChI is InChI=1S/C9H11N3/c1-4-5-6-9(3)12-7-8(2)10-11-12/h4-7H,1,3H2,2H3/b6-5-. The van der Waals surface area contributed by atoms with E-state index in [1.807, 2.05) is 19.2 Å². The SMILES string of the molecule is C=C/C=C\C(=C)n1cc(C)nn1. The van der Waals surface area contributed by atoms with Gasteiger partial charge in [-0.1, -0.05) is 30.5 Å². The Morgan fingerprint density at radius 1 is 1.67 bits per heavy atom. The number of hydrogen-bond donors (Lipinski definition) is 0. The van der Waals surface area contributed by atoms with Crippen molar-refractivity contribution in [3.05, 3.63) is 43.3 Å². The van der Waals surface area contributed by atoms with E-state index in [4.69, 9.17) is 0 Å². The van der Waals surface area contributed by atoms with Gasteiger partial charge in [-0.15, -0.1) is 5.10 Å². The lowest BCUT2D eigenvalue weighted by Gasteiger charge is -1.95. The zero-order valence-electron chi connectivity index (χ0n) is 7.07. The minimum absolute atomic E-state index is 0.774. The fourth-order valence-corrected chi connectivity index (χ4v) is 0.743. The molecule has 1 rings (SSSR count). The summed E-state index contributed by atoms with van der Waals surface area (Å²) in [6, 6.07) is 0. The molecule has 0 aliphatic rings. The molecule has 0 N–H and O–H groups in total. The first kappa shape index (κ1) is 8.46. The third-order valence-corrected chi connectivity index (χ3v) is 1.33. The highest BCUT2D eigenvalue weighted by Crippen LogP contribution is 2.01. The number of aryl methyl sites for hydroxylation is 1. The average Bonchev–Trinajstić information content (AvgIpc) is 2.47. The molecule has 0 spiro atoms. The van der Waals surface area contributed by atoms with Crippen LogP contribution in [0, 0.1) is 6.92 Å². The molecule has 0 atom stereocenters. The lowest BCUT2D eigenvalue weighted by Crippen LogP contribution is -1.93. The summed E-state index contributed by atoms with van der Waals surface area (Å²) < 4.78 is 1.62. The zero-order chi connectivity index (χ0) is 8.97. The summed E-state index contributed by atoms with van der Waals surface area (Å²) >= 11 is 0. The fourth-order valence-electron chi connectivity index (χ4n) is 0.743. The van der Waals surface area contributed by atoms with Crippen molar-refractivity contribution in [3.8, 4) is 0 Å². The van der Waals surface area contributed by atoms with Crippen molar-refractivity contribution in [2.24, 2.45) is 0 Å². The molecular formula is C9H11N3. The zero-order valence-corrected chi connectivity index (χ0v) is 7.07. The Balaban J connectivity index is 2.78. The van der Waals surface area contributed by atoms with E-state index >= 15 is 0 Å². The van der Waals surface area contributed by atoms with Crippen LogP contribution in [-0.2, 0) is 0 Å². The topological polar surface area (TPSA) is 30.7 Å². The molecule has 0 amide bonds. The molecule has 62 valence electrons. The van der Waals surface area contributed by atoms with E-state index < -0.39 is 0 Å². The van der Waals surface area contributed by atoms with Gasteiger partial charge in [0.05, 0.1) is 17.6 Å². The van der Waals surface area contributed by atoms with Crippen LogP contribution in [0.1, 0.15) is 5.69 Å². The maximum absolute atomic E-state index is 3.85. The van der Waals surface area contributed by atoms with Crippen molar-refractivity contribution in [1.82, 2.24) is 15.0 Å². The van der Waals surface area contributed by atoms with E-state index in [0.29, 0.717) is 0 Å². The number of nitrogens with zero attached hydrogens (tertiary/aromatic N) is 3. The molecule has 12 heavy (non-hydrogen) atoms. The monoisotopic (exact) mass is 161 g/mol. The van der Waals surface area contributed by atoms with E-state index in [1.165, 1.54) is 0 Å². The fraction of sp³-hybridized carbons (Fsp3) is 0.111. The first-order valence-corrected chi connectivity index (χ1v) is 3.61.